The number of fused-ring (bicyclic) bond motifs is 1. The van der Waals surface area contributed by atoms with Crippen LogP contribution in [0.25, 0.3) is 11.0 Å². The van der Waals surface area contributed by atoms with Gasteiger partial charge in [-0.05, 0) is 56.0 Å². The molecule has 1 fully saturated rings. The van der Waals surface area contributed by atoms with Crippen molar-refractivity contribution >= 4 is 22.6 Å². The number of nitrogens with one attached hydrogen (secondary N) is 3. The number of hydrogen-bond donors (Lipinski definition) is 3. The zero-order valence-corrected chi connectivity index (χ0v) is 16.5. The molecule has 0 aliphatic heterocycles. The number of rotatable bonds is 4. The maximum absolute atomic E-state index is 13.2. The fourth-order valence-corrected chi connectivity index (χ4v) is 3.99. The quantitative estimate of drug-likeness (QED) is 0.567. The van der Waals surface area contributed by atoms with Gasteiger partial charge in [0.25, 0.3) is 5.91 Å². The summed E-state index contributed by atoms with van der Waals surface area (Å²) in [6.07, 6.45) is 1.56. The molecule has 1 aliphatic rings. The summed E-state index contributed by atoms with van der Waals surface area (Å²) in [7, 11) is 0. The summed E-state index contributed by atoms with van der Waals surface area (Å²) in [5, 5.41) is 15.9. The zero-order chi connectivity index (χ0) is 22.0. The number of carbonyl (C=O) groups excluding carboxylic acids is 1. The standard InChI is InChI=1S/C22H20F3N5O/c23-22(24,25)19-10-16(4-3-13(19)11-26)29-14-5-7-15(8-6-14)30-21(31)18-12-28-20-17(18)2-1-9-27-20/h1-4,9-10,12,14-15,29H,5-8H2,(H,27,28)(H,30,31)/t14-,15+. The molecule has 160 valence electrons. The van der Waals surface area contributed by atoms with E-state index < -0.39 is 17.3 Å². The number of halogens is 3. The van der Waals surface area contributed by atoms with Gasteiger partial charge in [-0.25, -0.2) is 4.98 Å². The first kappa shape index (κ1) is 20.7. The van der Waals surface area contributed by atoms with Gasteiger partial charge in [0.15, 0.2) is 0 Å². The summed E-state index contributed by atoms with van der Waals surface area (Å²) in [6.45, 7) is 0. The Morgan fingerprint density at radius 3 is 2.61 bits per heavy atom. The fraction of sp³-hybridized carbons (Fsp3) is 0.318. The molecule has 6 nitrogen and oxygen atoms in total. The maximum Gasteiger partial charge on any atom is 0.417 e. The second kappa shape index (κ2) is 8.30. The van der Waals surface area contributed by atoms with Crippen LogP contribution in [0.5, 0.6) is 0 Å². The van der Waals surface area contributed by atoms with E-state index in [9.17, 15) is 18.0 Å². The van der Waals surface area contributed by atoms with Crippen molar-refractivity contribution in [2.45, 2.75) is 43.9 Å². The second-order valence-electron chi connectivity index (χ2n) is 7.64. The molecule has 31 heavy (non-hydrogen) atoms. The molecule has 0 atom stereocenters. The van der Waals surface area contributed by atoms with Gasteiger partial charge in [0.2, 0.25) is 0 Å². The van der Waals surface area contributed by atoms with Crippen LogP contribution in [0.15, 0.2) is 42.7 Å². The lowest BCUT2D eigenvalue weighted by Gasteiger charge is -2.30. The van der Waals surface area contributed by atoms with E-state index in [0.717, 1.165) is 11.5 Å². The van der Waals surface area contributed by atoms with Crippen LogP contribution < -0.4 is 10.6 Å². The predicted octanol–water partition coefficient (Wildman–Crippen LogP) is 4.61. The smallest absolute Gasteiger partial charge is 0.382 e. The van der Waals surface area contributed by atoms with Crippen molar-refractivity contribution < 1.29 is 18.0 Å². The van der Waals surface area contributed by atoms with Crippen molar-refractivity contribution in [3.05, 3.63) is 59.4 Å². The van der Waals surface area contributed by atoms with Crippen molar-refractivity contribution in [2.75, 3.05) is 5.32 Å². The third-order valence-corrected chi connectivity index (χ3v) is 5.57. The monoisotopic (exact) mass is 427 g/mol. The highest BCUT2D eigenvalue weighted by molar-refractivity contribution is 6.05. The van der Waals surface area contributed by atoms with Crippen LogP contribution in [-0.2, 0) is 6.18 Å². The Labute approximate surface area is 176 Å². The lowest BCUT2D eigenvalue weighted by molar-refractivity contribution is -0.137. The molecule has 1 saturated carbocycles. The van der Waals surface area contributed by atoms with Crippen LogP contribution in [0, 0.1) is 11.3 Å². The van der Waals surface area contributed by atoms with E-state index in [1.54, 1.807) is 24.5 Å². The van der Waals surface area contributed by atoms with Gasteiger partial charge < -0.3 is 15.6 Å². The van der Waals surface area contributed by atoms with Gasteiger partial charge in [0, 0.05) is 35.6 Å². The van der Waals surface area contributed by atoms with Gasteiger partial charge in [-0.15, -0.1) is 0 Å². The van der Waals surface area contributed by atoms with Gasteiger partial charge in [-0.1, -0.05) is 0 Å². The van der Waals surface area contributed by atoms with E-state index in [-0.39, 0.29) is 18.0 Å². The van der Waals surface area contributed by atoms with Crippen LogP contribution >= 0.6 is 0 Å². The molecule has 0 saturated heterocycles. The molecule has 0 radical (unpaired) electrons. The van der Waals surface area contributed by atoms with Gasteiger partial charge in [0.1, 0.15) is 5.65 Å². The van der Waals surface area contributed by atoms with E-state index in [1.807, 2.05) is 6.07 Å². The molecule has 3 aromatic rings. The average molecular weight is 427 g/mol. The van der Waals surface area contributed by atoms with Crippen LogP contribution in [0.4, 0.5) is 18.9 Å². The number of carbonyl (C=O) groups is 1. The van der Waals surface area contributed by atoms with Crippen LogP contribution in [0.2, 0.25) is 0 Å². The highest BCUT2D eigenvalue weighted by Gasteiger charge is 2.34. The van der Waals surface area contributed by atoms with Gasteiger partial charge in [0.05, 0.1) is 22.8 Å². The Hall–Kier alpha value is -3.54. The van der Waals surface area contributed by atoms with E-state index >= 15 is 0 Å². The van der Waals surface area contributed by atoms with Gasteiger partial charge in [-0.2, -0.15) is 18.4 Å². The first-order valence-corrected chi connectivity index (χ1v) is 9.96. The number of H-pyrrole nitrogens is 1. The molecule has 2 heterocycles. The molecule has 0 spiro atoms. The summed E-state index contributed by atoms with van der Waals surface area (Å²) in [4.78, 5) is 19.8. The molecule has 0 bridgehead atoms. The number of nitrogens with zero attached hydrogens (tertiary/aromatic N) is 2. The summed E-state index contributed by atoms with van der Waals surface area (Å²) in [6, 6.07) is 8.86. The van der Waals surface area contributed by atoms with Crippen LogP contribution in [0.3, 0.4) is 0 Å². The molecular weight excluding hydrogens is 407 g/mol. The highest BCUT2D eigenvalue weighted by atomic mass is 19.4. The van der Waals surface area contributed by atoms with Crippen molar-refractivity contribution in [2.24, 2.45) is 0 Å². The number of alkyl halides is 3. The summed E-state index contributed by atoms with van der Waals surface area (Å²) >= 11 is 0. The van der Waals surface area contributed by atoms with Crippen molar-refractivity contribution in [3.63, 3.8) is 0 Å². The molecule has 0 unspecified atom stereocenters. The minimum Gasteiger partial charge on any atom is -0.382 e. The number of nitriles is 1. The second-order valence-corrected chi connectivity index (χ2v) is 7.64. The largest absolute Gasteiger partial charge is 0.417 e. The summed E-state index contributed by atoms with van der Waals surface area (Å²) < 4.78 is 39.5. The predicted molar refractivity (Wildman–Crippen MR) is 109 cm³/mol. The minimum atomic E-state index is -4.58. The van der Waals surface area contributed by atoms with E-state index in [0.29, 0.717) is 42.6 Å². The Kier molecular flexibility index (Phi) is 5.55. The van der Waals surface area contributed by atoms with Gasteiger partial charge >= 0.3 is 6.18 Å². The number of pyridine rings is 1. The fourth-order valence-electron chi connectivity index (χ4n) is 3.99. The van der Waals surface area contributed by atoms with E-state index in [4.69, 9.17) is 5.26 Å². The van der Waals surface area contributed by atoms with Crippen molar-refractivity contribution in [1.29, 1.82) is 5.26 Å². The van der Waals surface area contributed by atoms with Crippen molar-refractivity contribution in [3.8, 4) is 6.07 Å². The number of amides is 1. The molecule has 4 rings (SSSR count). The lowest BCUT2D eigenvalue weighted by Crippen LogP contribution is -2.40. The van der Waals surface area contributed by atoms with E-state index in [2.05, 4.69) is 20.6 Å². The summed E-state index contributed by atoms with van der Waals surface area (Å²) in [5.74, 6) is -0.169. The highest BCUT2D eigenvalue weighted by Crippen LogP contribution is 2.34. The number of benzene rings is 1. The molecule has 1 aromatic carbocycles. The molecule has 2 aromatic heterocycles. The number of aromatic nitrogens is 2. The Morgan fingerprint density at radius 1 is 1.16 bits per heavy atom. The Balaban J connectivity index is 1.35. The average Bonchev–Trinajstić information content (AvgIpc) is 3.19. The molecule has 1 amide bonds. The zero-order valence-electron chi connectivity index (χ0n) is 16.5. The van der Waals surface area contributed by atoms with Crippen molar-refractivity contribution in [1.82, 2.24) is 15.3 Å². The minimum absolute atomic E-state index is 0.000500. The number of aromatic amines is 1. The Bertz CT molecular complexity index is 1140. The normalized spacial score (nSPS) is 19.0. The first-order valence-electron chi connectivity index (χ1n) is 9.96. The van der Waals surface area contributed by atoms with Gasteiger partial charge in [-0.3, -0.25) is 4.79 Å². The van der Waals surface area contributed by atoms with Crippen LogP contribution in [-0.4, -0.2) is 28.0 Å². The third-order valence-electron chi connectivity index (χ3n) is 5.57. The number of anilines is 1. The van der Waals surface area contributed by atoms with Crippen LogP contribution in [0.1, 0.15) is 47.2 Å². The summed E-state index contributed by atoms with van der Waals surface area (Å²) in [5.41, 5.74) is 0.207. The molecular formula is C22H20F3N5O. The third kappa shape index (κ3) is 4.48. The SMILES string of the molecule is N#Cc1ccc(N[C@H]2CC[C@@H](NC(=O)c3c[nH]c4ncccc34)CC2)cc1C(F)(F)F. The molecule has 1 aliphatic carbocycles. The van der Waals surface area contributed by atoms with E-state index in [1.165, 1.54) is 12.1 Å². The number of hydrogen-bond acceptors (Lipinski definition) is 4. The molecule has 9 heteroatoms. The maximum atomic E-state index is 13.2. The molecule has 3 N–H and O–H groups in total. The first-order chi connectivity index (χ1) is 14.8. The Morgan fingerprint density at radius 2 is 1.90 bits per heavy atom. The topological polar surface area (TPSA) is 93.6 Å². The lowest BCUT2D eigenvalue weighted by atomic mass is 9.90.